The molecule has 2 N–H and O–H groups in total. The third kappa shape index (κ3) is 3.16. The maximum atomic E-state index is 12.0. The summed E-state index contributed by atoms with van der Waals surface area (Å²) < 4.78 is 5.36. The number of hydrogen-bond acceptors (Lipinski definition) is 7. The lowest BCUT2D eigenvalue weighted by molar-refractivity contribution is 0.0937. The first-order valence-corrected chi connectivity index (χ1v) is 8.51. The number of likely N-dealkylation sites (tertiary alicyclic amines) is 1. The van der Waals surface area contributed by atoms with E-state index in [1.807, 2.05) is 6.92 Å². The second-order valence-corrected chi connectivity index (χ2v) is 6.38. The van der Waals surface area contributed by atoms with Gasteiger partial charge in [-0.25, -0.2) is 4.98 Å². The minimum Gasteiger partial charge on any atom is -0.346 e. The van der Waals surface area contributed by atoms with Crippen molar-refractivity contribution in [3.8, 4) is 0 Å². The van der Waals surface area contributed by atoms with Crippen molar-refractivity contribution in [2.24, 2.45) is 0 Å². The second-order valence-electron chi connectivity index (χ2n) is 6.38. The molecule has 3 heterocycles. The van der Waals surface area contributed by atoms with Crippen LogP contribution in [0.5, 0.6) is 0 Å². The van der Waals surface area contributed by atoms with Crippen LogP contribution in [0, 0.1) is 0 Å². The highest BCUT2D eigenvalue weighted by molar-refractivity contribution is 5.90. The smallest absolute Gasteiger partial charge is 0.292 e. The third-order valence-electron chi connectivity index (χ3n) is 4.45. The lowest BCUT2D eigenvalue weighted by Crippen LogP contribution is -2.27. The average molecular weight is 331 g/mol. The number of nitrogens with one attached hydrogen (secondary N) is 2. The summed E-state index contributed by atoms with van der Waals surface area (Å²) in [5.74, 6) is 2.03. The molecular weight excluding hydrogens is 310 g/mol. The van der Waals surface area contributed by atoms with Gasteiger partial charge in [0.1, 0.15) is 11.6 Å². The monoisotopic (exact) mass is 331 g/mol. The summed E-state index contributed by atoms with van der Waals surface area (Å²) in [7, 11) is 0. The van der Waals surface area contributed by atoms with Gasteiger partial charge in [-0.2, -0.15) is 10.1 Å². The van der Waals surface area contributed by atoms with E-state index in [1.165, 1.54) is 0 Å². The summed E-state index contributed by atoms with van der Waals surface area (Å²) in [5, 5.41) is 13.9. The Morgan fingerprint density at radius 2 is 2.25 bits per heavy atom. The van der Waals surface area contributed by atoms with E-state index in [0.717, 1.165) is 50.3 Å². The van der Waals surface area contributed by atoms with E-state index in [0.29, 0.717) is 12.4 Å². The highest BCUT2D eigenvalue weighted by atomic mass is 16.5. The van der Waals surface area contributed by atoms with Crippen LogP contribution in [-0.2, 0) is 13.0 Å². The van der Waals surface area contributed by atoms with Crippen molar-refractivity contribution in [3.63, 3.8) is 0 Å². The first-order valence-electron chi connectivity index (χ1n) is 8.51. The molecule has 2 aromatic heterocycles. The van der Waals surface area contributed by atoms with Crippen molar-refractivity contribution in [2.45, 2.75) is 57.7 Å². The predicted octanol–water partition coefficient (Wildman–Crippen LogP) is 0.979. The van der Waals surface area contributed by atoms with Crippen molar-refractivity contribution in [1.29, 1.82) is 0 Å². The van der Waals surface area contributed by atoms with Crippen LogP contribution in [0.1, 0.15) is 66.8 Å². The number of aromatic amines is 1. The average Bonchev–Trinajstić information content (AvgIpc) is 3.01. The maximum Gasteiger partial charge on any atom is 0.292 e. The fourth-order valence-electron chi connectivity index (χ4n) is 2.99. The van der Waals surface area contributed by atoms with Crippen molar-refractivity contribution in [2.75, 3.05) is 6.54 Å². The minimum absolute atomic E-state index is 0.0233. The van der Waals surface area contributed by atoms with Gasteiger partial charge in [-0.05, 0) is 32.2 Å². The predicted molar refractivity (Wildman–Crippen MR) is 82.9 cm³/mol. The molecule has 0 radical (unpaired) electrons. The molecule has 0 spiro atoms. The molecule has 1 aliphatic heterocycles. The summed E-state index contributed by atoms with van der Waals surface area (Å²) in [6.45, 7) is 3.61. The molecule has 2 aliphatic rings. The molecular formula is C15H21N7O2. The van der Waals surface area contributed by atoms with Crippen molar-refractivity contribution in [3.05, 3.63) is 23.4 Å². The normalized spacial score (nSPS) is 21.3. The SMILES string of the molecule is CCc1n[nH]c(CN2CCC[C@@H]2c2nc(C(=O)NC3CC3)no2)n1. The van der Waals surface area contributed by atoms with Crippen LogP contribution in [0.3, 0.4) is 0 Å². The molecule has 1 amide bonds. The highest BCUT2D eigenvalue weighted by Gasteiger charge is 2.33. The zero-order chi connectivity index (χ0) is 16.5. The Balaban J connectivity index is 1.44. The molecule has 1 saturated heterocycles. The van der Waals surface area contributed by atoms with E-state index in [1.54, 1.807) is 0 Å². The quantitative estimate of drug-likeness (QED) is 0.811. The molecule has 4 rings (SSSR count). The van der Waals surface area contributed by atoms with E-state index >= 15 is 0 Å². The van der Waals surface area contributed by atoms with Gasteiger partial charge in [0.05, 0.1) is 12.6 Å². The number of hydrogen-bond donors (Lipinski definition) is 2. The van der Waals surface area contributed by atoms with E-state index in [2.05, 4.69) is 35.5 Å². The van der Waals surface area contributed by atoms with Gasteiger partial charge in [0.15, 0.2) is 0 Å². The van der Waals surface area contributed by atoms with Gasteiger partial charge in [0.2, 0.25) is 5.89 Å². The van der Waals surface area contributed by atoms with Gasteiger partial charge in [-0.15, -0.1) is 0 Å². The van der Waals surface area contributed by atoms with Gasteiger partial charge in [0.25, 0.3) is 11.7 Å². The number of rotatable bonds is 6. The molecule has 9 nitrogen and oxygen atoms in total. The zero-order valence-electron chi connectivity index (χ0n) is 13.7. The van der Waals surface area contributed by atoms with Gasteiger partial charge in [-0.1, -0.05) is 12.1 Å². The Morgan fingerprint density at radius 1 is 1.38 bits per heavy atom. The number of carbonyl (C=O) groups is 1. The minimum atomic E-state index is -0.250. The fourth-order valence-corrected chi connectivity index (χ4v) is 2.99. The van der Waals surface area contributed by atoms with Crippen LogP contribution in [0.15, 0.2) is 4.52 Å². The fraction of sp³-hybridized carbons (Fsp3) is 0.667. The Hall–Kier alpha value is -2.29. The van der Waals surface area contributed by atoms with Crippen molar-refractivity contribution in [1.82, 2.24) is 35.5 Å². The summed E-state index contributed by atoms with van der Waals surface area (Å²) in [6.07, 6.45) is 4.85. The van der Waals surface area contributed by atoms with Crippen molar-refractivity contribution < 1.29 is 9.32 Å². The number of aryl methyl sites for hydroxylation is 1. The molecule has 1 aliphatic carbocycles. The van der Waals surface area contributed by atoms with E-state index in [4.69, 9.17) is 4.52 Å². The molecule has 9 heteroatoms. The van der Waals surface area contributed by atoms with Gasteiger partial charge in [0, 0.05) is 12.5 Å². The van der Waals surface area contributed by atoms with Gasteiger partial charge >= 0.3 is 0 Å². The molecule has 1 atom stereocenters. The molecule has 0 aromatic carbocycles. The topological polar surface area (TPSA) is 113 Å². The first kappa shape index (κ1) is 15.3. The van der Waals surface area contributed by atoms with E-state index in [9.17, 15) is 4.79 Å². The number of aromatic nitrogens is 5. The number of H-pyrrole nitrogens is 1. The summed E-state index contributed by atoms with van der Waals surface area (Å²) in [5.41, 5.74) is 0. The Kier molecular flexibility index (Phi) is 4.01. The molecule has 128 valence electrons. The summed E-state index contributed by atoms with van der Waals surface area (Å²) >= 11 is 0. The van der Waals surface area contributed by atoms with Gasteiger partial charge in [-0.3, -0.25) is 14.8 Å². The third-order valence-corrected chi connectivity index (χ3v) is 4.45. The van der Waals surface area contributed by atoms with Crippen LogP contribution < -0.4 is 5.32 Å². The number of carbonyl (C=O) groups excluding carboxylic acids is 1. The highest BCUT2D eigenvalue weighted by Crippen LogP contribution is 2.31. The number of nitrogens with zero attached hydrogens (tertiary/aromatic N) is 5. The number of amides is 1. The zero-order valence-corrected chi connectivity index (χ0v) is 13.7. The Bertz CT molecular complexity index is 721. The maximum absolute atomic E-state index is 12.0. The summed E-state index contributed by atoms with van der Waals surface area (Å²) in [4.78, 5) is 23.0. The summed E-state index contributed by atoms with van der Waals surface area (Å²) in [6, 6.07) is 0.303. The second kappa shape index (κ2) is 6.31. The van der Waals surface area contributed by atoms with Crippen molar-refractivity contribution >= 4 is 5.91 Å². The first-order chi connectivity index (χ1) is 11.7. The Morgan fingerprint density at radius 3 is 3.00 bits per heavy atom. The lowest BCUT2D eigenvalue weighted by atomic mass is 10.2. The van der Waals surface area contributed by atoms with Crippen LogP contribution in [-0.4, -0.2) is 48.7 Å². The van der Waals surface area contributed by atoms with E-state index < -0.39 is 0 Å². The molecule has 0 bridgehead atoms. The molecule has 1 saturated carbocycles. The van der Waals surface area contributed by atoms with E-state index in [-0.39, 0.29) is 23.8 Å². The molecule has 2 aromatic rings. The standard InChI is InChI=1S/C15H21N7O2/c1-2-11-17-12(20-19-11)8-22-7-3-4-10(22)15-18-13(21-24-15)14(23)16-9-5-6-9/h9-10H,2-8H2,1H3,(H,16,23)(H,17,19,20)/t10-/m1/s1. The van der Waals surface area contributed by atoms with Gasteiger partial charge < -0.3 is 9.84 Å². The largest absolute Gasteiger partial charge is 0.346 e. The molecule has 2 fully saturated rings. The molecule has 24 heavy (non-hydrogen) atoms. The van der Waals surface area contributed by atoms with Crippen LogP contribution in [0.4, 0.5) is 0 Å². The lowest BCUT2D eigenvalue weighted by Gasteiger charge is -2.19. The Labute approximate surface area is 139 Å². The van der Waals surface area contributed by atoms with Crippen LogP contribution >= 0.6 is 0 Å². The van der Waals surface area contributed by atoms with Crippen LogP contribution in [0.25, 0.3) is 0 Å². The van der Waals surface area contributed by atoms with Crippen LogP contribution in [0.2, 0.25) is 0 Å². The molecule has 0 unspecified atom stereocenters.